The van der Waals surface area contributed by atoms with Gasteiger partial charge in [-0.15, -0.1) is 10.2 Å². The van der Waals surface area contributed by atoms with Gasteiger partial charge in [0.2, 0.25) is 5.91 Å². The first-order chi connectivity index (χ1) is 59.4. The van der Waals surface area contributed by atoms with Gasteiger partial charge in [-0.3, -0.25) is 38.7 Å². The van der Waals surface area contributed by atoms with Gasteiger partial charge in [0.25, 0.3) is 22.9 Å². The minimum absolute atomic E-state index is 0.0169. The summed E-state index contributed by atoms with van der Waals surface area (Å²) < 4.78 is 77.0. The Morgan fingerprint density at radius 1 is 0.484 bits per heavy atom. The average molecular weight is 1760 g/mol. The van der Waals surface area contributed by atoms with Gasteiger partial charge in [0.1, 0.15) is 121 Å². The van der Waals surface area contributed by atoms with Crippen molar-refractivity contribution in [3.05, 3.63) is 89.0 Å². The molecule has 12 rings (SSSR count). The zero-order valence-corrected chi connectivity index (χ0v) is 68.3. The first kappa shape index (κ1) is 94.9. The number of ketones is 1. The number of carboxylic acids is 2. The number of carboxylic acid groups (broad SMARTS) is 2. The molecule has 28 atom stereocenters. The number of hydrogen-bond acceptors (Lipinski definition) is 36. The van der Waals surface area contributed by atoms with Crippen molar-refractivity contribution in [1.82, 2.24) is 65.9 Å². The van der Waals surface area contributed by atoms with Crippen LogP contribution in [-0.2, 0) is 102 Å². The molecule has 3 amide bonds. The fourth-order valence-electron chi connectivity index (χ4n) is 17.5. The predicted molar refractivity (Wildman–Crippen MR) is 413 cm³/mol. The highest BCUT2D eigenvalue weighted by Gasteiger charge is 2.56. The number of H-pyrrole nitrogens is 4. The molecule has 8 heterocycles. The van der Waals surface area contributed by atoms with E-state index in [1.54, 1.807) is 0 Å². The molecule has 4 aromatic heterocycles. The highest BCUT2D eigenvalue weighted by atomic mass is 16.7. The van der Waals surface area contributed by atoms with E-state index in [9.17, 15) is 109 Å². The van der Waals surface area contributed by atoms with Crippen molar-refractivity contribution >= 4 is 35.4 Å². The minimum Gasteiger partial charge on any atom is -0.479 e. The third-order valence-corrected chi connectivity index (χ3v) is 24.0. The van der Waals surface area contributed by atoms with Gasteiger partial charge in [-0.25, -0.2) is 28.5 Å². The van der Waals surface area contributed by atoms with E-state index >= 15 is 0 Å². The van der Waals surface area contributed by atoms with Crippen LogP contribution in [0.25, 0.3) is 0 Å². The lowest BCUT2D eigenvalue weighted by atomic mass is 9.84. The lowest BCUT2D eigenvalue weighted by Crippen LogP contribution is -2.68. The molecule has 0 spiro atoms. The number of ether oxygens (including phenoxy) is 12. The van der Waals surface area contributed by atoms with Gasteiger partial charge < -0.3 is 144 Å². The lowest BCUT2D eigenvalue weighted by molar-refractivity contribution is -0.340. The van der Waals surface area contributed by atoms with Crippen LogP contribution in [0.4, 0.5) is 0 Å². The van der Waals surface area contributed by atoms with Gasteiger partial charge in [-0.1, -0.05) is 74.6 Å². The van der Waals surface area contributed by atoms with Gasteiger partial charge in [-0.2, -0.15) is 0 Å². The second kappa shape index (κ2) is 44.0. The number of Topliss-reactive ketones (excluding diaryl/α,β-unsaturated/α-hetero) is 1. The number of aromatic nitrogens is 10. The number of rotatable bonds is 38. The fraction of sp³-hybridized carbons (Fsp3) is 0.766. The Bertz CT molecular complexity index is 4090. The van der Waals surface area contributed by atoms with E-state index in [0.29, 0.717) is 25.7 Å². The quantitative estimate of drug-likeness (QED) is 0.0186. The maximum atomic E-state index is 14.6. The lowest BCUT2D eigenvalue weighted by Gasteiger charge is -2.48. The van der Waals surface area contributed by atoms with Crippen LogP contribution in [-0.4, -0.2) is 338 Å². The number of nitrogens with zero attached hydrogens (tertiary/aromatic N) is 6. The number of aromatic amines is 4. The summed E-state index contributed by atoms with van der Waals surface area (Å²) in [6, 6.07) is -2.17. The van der Waals surface area contributed by atoms with Crippen molar-refractivity contribution in [2.75, 3.05) is 26.4 Å². The maximum absolute atomic E-state index is 14.6. The SMILES string of the molecule is C[C@@H]1O[C@@H](O[C@@H]2[C@@H](NC(=O)c3cc(=O)[nH]c(=O)[nH]3)CCC[C@H]2O[C@@H]2O[C@H](CO)[C@H](O)[C@H](O[C@@H](CC3CCCCC3)C(=O)O)[C@H]2CC(=O)Cn2cc(COCCOCc3cn(CC(=O)N[C@H]4[C@H](O[C@@H]5CCC[C@H](NC(=O)c6cc(=O)[nH]c(=O)[nH]6)[C@H]5O[C@@H]5O[C@@H](C)[C@@H](O)[C@@H](O)[C@@H]5O)O[C@H](CO)[C@H](O)[C@@H]4O[C@@H](CC4CCCCC4)C(=O)O)nn3)nn2)[C@@H](O)[C@H](O)[C@@H]1O. The standard InChI is InChI=1S/C77H113N13O34/c1-34-56(97)60(101)62(103)74(115-34)123-65-42(78-68(105)44-24-52(94)83-76(111)80-44)15-9-17-46(65)119-72-41(64(58(99)50(30-91)121-72)117-48(70(107)108)21-36-11-5-3-6-12-36)23-40(93)28-89-26-38(85-87-89)32-113-19-20-114-33-39-27-90(88-86-39)29-54(96)82-55-67(118-49(71(109)110)22-37-13-7-4-8-14-37)59(100)51(31-92)122-73(55)120-47-18-10-16-43(79-69(106)45-25-53(95)84-77(112)81-45)66(47)124-75-63(104)61(102)57(98)35(2)116-75/h24-27,34-37,41-43,46-51,55-67,72-75,91-92,97-104H,3-23,28-33H2,1-2H3,(H,78,105)(H,79,106)(H,82,96)(H,107,108)(H,109,110)(H2,80,83,94,111)(H2,81,84,95,112)/t34-,35-,41+,42-,43-,46+,47+,48-,49-,50+,51+,55+,56+,57+,58-,59-,60+,61+,62-,63-,64+,65+,66+,67+,72+,73+,74-,75-/m0/s1. The monoisotopic (exact) mass is 1760 g/mol. The Hall–Kier alpha value is -8.22. The van der Waals surface area contributed by atoms with E-state index < -0.39 is 273 Å². The molecular weight excluding hydrogens is 1650 g/mol. The molecule has 4 aromatic rings. The second-order valence-electron chi connectivity index (χ2n) is 33.1. The first-order valence-corrected chi connectivity index (χ1v) is 42.1. The van der Waals surface area contributed by atoms with E-state index in [1.165, 1.54) is 30.9 Å². The highest BCUT2D eigenvalue weighted by molar-refractivity contribution is 5.93. The Labute approximate surface area is 706 Å². The smallest absolute Gasteiger partial charge is 0.332 e. The number of carbonyl (C=O) groups excluding carboxylic acids is 4. The van der Waals surface area contributed by atoms with Crippen molar-refractivity contribution in [3.63, 3.8) is 0 Å². The molecule has 0 radical (unpaired) electrons. The van der Waals surface area contributed by atoms with Crippen molar-refractivity contribution in [2.45, 2.75) is 328 Å². The molecule has 47 heteroatoms. The number of nitrogens with one attached hydrogen (secondary N) is 7. The Morgan fingerprint density at radius 3 is 1.37 bits per heavy atom. The van der Waals surface area contributed by atoms with Crippen LogP contribution in [0.1, 0.15) is 168 Å². The van der Waals surface area contributed by atoms with Crippen LogP contribution in [0.15, 0.2) is 43.7 Å². The molecule has 4 saturated heterocycles. The Kier molecular flexibility index (Phi) is 33.7. The van der Waals surface area contributed by atoms with Gasteiger partial charge in [0, 0.05) is 24.5 Å². The molecular formula is C77H113N13O34. The van der Waals surface area contributed by atoms with Gasteiger partial charge >= 0.3 is 23.3 Å². The molecule has 690 valence electrons. The summed E-state index contributed by atoms with van der Waals surface area (Å²) >= 11 is 0. The maximum Gasteiger partial charge on any atom is 0.332 e. The minimum atomic E-state index is -1.89. The topological polar surface area (TPSA) is 685 Å². The van der Waals surface area contributed by atoms with E-state index in [4.69, 9.17) is 56.8 Å². The molecule has 47 nitrogen and oxygen atoms in total. The summed E-state index contributed by atoms with van der Waals surface area (Å²) in [6.07, 6.45) is -26.4. The molecule has 0 unspecified atom stereocenters. The molecule has 8 fully saturated rings. The Balaban J connectivity index is 0.696. The normalized spacial score (nSPS) is 33.9. The molecule has 4 aliphatic heterocycles. The molecule has 0 aromatic carbocycles. The zero-order chi connectivity index (χ0) is 88.7. The van der Waals surface area contributed by atoms with Crippen molar-refractivity contribution in [3.8, 4) is 0 Å². The van der Waals surface area contributed by atoms with Crippen LogP contribution < -0.4 is 38.4 Å². The third kappa shape index (κ3) is 24.6. The summed E-state index contributed by atoms with van der Waals surface area (Å²) in [4.78, 5) is 140. The number of hydrogen-bond donors (Lipinski definition) is 19. The molecule has 0 bridgehead atoms. The number of aliphatic hydroxyl groups is 10. The second-order valence-corrected chi connectivity index (χ2v) is 33.1. The Morgan fingerprint density at radius 2 is 0.919 bits per heavy atom. The number of aliphatic hydroxyl groups excluding tert-OH is 10. The zero-order valence-electron chi connectivity index (χ0n) is 68.3. The van der Waals surface area contributed by atoms with Crippen LogP contribution in [0.5, 0.6) is 0 Å². The highest BCUT2D eigenvalue weighted by Crippen LogP contribution is 2.41. The molecule has 4 saturated carbocycles. The van der Waals surface area contributed by atoms with Gasteiger partial charge in [0.15, 0.2) is 43.2 Å². The number of carbonyl (C=O) groups is 6. The number of aliphatic carboxylic acids is 2. The van der Waals surface area contributed by atoms with Crippen molar-refractivity contribution in [2.24, 2.45) is 17.8 Å². The molecule has 19 N–H and O–H groups in total. The van der Waals surface area contributed by atoms with Crippen LogP contribution in [0.2, 0.25) is 0 Å². The van der Waals surface area contributed by atoms with Crippen LogP contribution in [0, 0.1) is 17.8 Å². The summed E-state index contributed by atoms with van der Waals surface area (Å²) in [5, 5.41) is 157. The summed E-state index contributed by atoms with van der Waals surface area (Å²) in [7, 11) is 0. The first-order valence-electron chi connectivity index (χ1n) is 42.1. The van der Waals surface area contributed by atoms with Crippen LogP contribution in [0.3, 0.4) is 0 Å². The van der Waals surface area contributed by atoms with E-state index in [1.807, 2.05) is 9.97 Å². The largest absolute Gasteiger partial charge is 0.479 e. The van der Waals surface area contributed by atoms with Crippen LogP contribution >= 0.6 is 0 Å². The summed E-state index contributed by atoms with van der Waals surface area (Å²) in [5.41, 5.74) is -4.18. The number of amides is 3. The van der Waals surface area contributed by atoms with E-state index in [-0.39, 0.29) is 101 Å². The average Bonchev–Trinajstić information content (AvgIpc) is 0.908. The van der Waals surface area contributed by atoms with Gasteiger partial charge in [-0.05, 0) is 77.0 Å². The molecule has 4 aliphatic carbocycles. The van der Waals surface area contributed by atoms with E-state index in [2.05, 4.69) is 46.5 Å². The third-order valence-electron chi connectivity index (χ3n) is 24.0. The molecule has 8 aliphatic rings. The summed E-state index contributed by atoms with van der Waals surface area (Å²) in [6.45, 7) is -0.389. The fourth-order valence-corrected chi connectivity index (χ4v) is 17.5. The van der Waals surface area contributed by atoms with Crippen molar-refractivity contribution < 1.29 is 147 Å². The van der Waals surface area contributed by atoms with E-state index in [0.717, 1.165) is 55.3 Å². The predicted octanol–water partition coefficient (Wildman–Crippen LogP) is -5.65. The molecule has 124 heavy (non-hydrogen) atoms. The van der Waals surface area contributed by atoms with Gasteiger partial charge in [0.05, 0.1) is 94.6 Å². The summed E-state index contributed by atoms with van der Waals surface area (Å²) in [5.74, 6) is -7.59. The van der Waals surface area contributed by atoms with Crippen molar-refractivity contribution in [1.29, 1.82) is 0 Å².